The van der Waals surface area contributed by atoms with E-state index in [1.54, 1.807) is 43.5 Å². The summed E-state index contributed by atoms with van der Waals surface area (Å²) in [5, 5.41) is 6.89. The lowest BCUT2D eigenvalue weighted by molar-refractivity contribution is 0.102. The normalized spacial score (nSPS) is 10.4. The third-order valence-electron chi connectivity index (χ3n) is 3.89. The fourth-order valence-corrected chi connectivity index (χ4v) is 2.73. The van der Waals surface area contributed by atoms with E-state index in [2.05, 4.69) is 10.5 Å². The maximum atomic E-state index is 12.8. The van der Waals surface area contributed by atoms with Gasteiger partial charge in [-0.25, -0.2) is 0 Å². The van der Waals surface area contributed by atoms with Gasteiger partial charge in [-0.1, -0.05) is 16.8 Å². The van der Waals surface area contributed by atoms with Gasteiger partial charge in [0, 0.05) is 17.7 Å². The van der Waals surface area contributed by atoms with E-state index < -0.39 is 5.91 Å². The van der Waals surface area contributed by atoms with Gasteiger partial charge in [0.1, 0.15) is 22.8 Å². The Balaban J connectivity index is 1.91. The summed E-state index contributed by atoms with van der Waals surface area (Å²) in [5.74, 6) is 1.44. The highest BCUT2D eigenvalue weighted by Gasteiger charge is 2.20. The number of benzene rings is 2. The molecule has 0 aliphatic rings. The molecule has 7 nitrogen and oxygen atoms in total. The van der Waals surface area contributed by atoms with Crippen LogP contribution in [0.5, 0.6) is 17.2 Å². The van der Waals surface area contributed by atoms with Crippen LogP contribution in [0, 0.1) is 0 Å². The number of carbonyl (C=O) groups is 1. The Morgan fingerprint density at radius 2 is 1.74 bits per heavy atom. The van der Waals surface area contributed by atoms with Crippen LogP contribution in [0.2, 0.25) is 5.02 Å². The summed E-state index contributed by atoms with van der Waals surface area (Å²) < 4.78 is 20.9. The molecule has 1 heterocycles. The molecule has 1 N–H and O–H groups in total. The molecule has 0 aliphatic carbocycles. The van der Waals surface area contributed by atoms with E-state index in [9.17, 15) is 4.79 Å². The molecule has 0 atom stereocenters. The minimum Gasteiger partial charge on any atom is -0.497 e. The van der Waals surface area contributed by atoms with Crippen molar-refractivity contribution in [2.45, 2.75) is 0 Å². The average Bonchev–Trinajstić information content (AvgIpc) is 3.19. The lowest BCUT2D eigenvalue weighted by atomic mass is 10.1. The first-order chi connectivity index (χ1) is 13.1. The summed E-state index contributed by atoms with van der Waals surface area (Å²) in [4.78, 5) is 12.8. The molecule has 1 aromatic heterocycles. The first-order valence-electron chi connectivity index (χ1n) is 7.89. The molecule has 0 bridgehead atoms. The van der Waals surface area contributed by atoms with Gasteiger partial charge in [0.2, 0.25) is 0 Å². The van der Waals surface area contributed by atoms with E-state index in [0.29, 0.717) is 39.3 Å². The van der Waals surface area contributed by atoms with Crippen LogP contribution in [0.1, 0.15) is 10.4 Å². The number of rotatable bonds is 6. The molecule has 3 rings (SSSR count). The van der Waals surface area contributed by atoms with Crippen molar-refractivity contribution < 1.29 is 23.5 Å². The van der Waals surface area contributed by atoms with Gasteiger partial charge in [-0.3, -0.25) is 4.79 Å². The maximum absolute atomic E-state index is 12.8. The fraction of sp³-hybridized carbons (Fsp3) is 0.158. The molecule has 140 valence electrons. The van der Waals surface area contributed by atoms with Crippen LogP contribution in [0.4, 0.5) is 5.69 Å². The molecule has 0 radical (unpaired) electrons. The smallest absolute Gasteiger partial charge is 0.261 e. The van der Waals surface area contributed by atoms with Gasteiger partial charge in [0.15, 0.2) is 5.76 Å². The standard InChI is InChI=1S/C19H17ClN2O5/c1-24-12-6-4-11(5-7-12)18-13(10-21-27-18)19(23)22-15-9-16(25-2)14(20)8-17(15)26-3/h4-10H,1-3H3,(H,22,23). The Kier molecular flexibility index (Phi) is 5.52. The van der Waals surface area contributed by atoms with E-state index in [1.807, 2.05) is 0 Å². The third-order valence-corrected chi connectivity index (χ3v) is 4.18. The van der Waals surface area contributed by atoms with Gasteiger partial charge in [-0.15, -0.1) is 0 Å². The summed E-state index contributed by atoms with van der Waals surface area (Å²) in [7, 11) is 4.55. The van der Waals surface area contributed by atoms with Crippen LogP contribution >= 0.6 is 11.6 Å². The second-order valence-corrected chi connectivity index (χ2v) is 5.85. The molecule has 8 heteroatoms. The van der Waals surface area contributed by atoms with Crippen molar-refractivity contribution >= 4 is 23.2 Å². The number of halogens is 1. The van der Waals surface area contributed by atoms with Gasteiger partial charge in [-0.05, 0) is 24.3 Å². The van der Waals surface area contributed by atoms with Crippen molar-refractivity contribution in [2.75, 3.05) is 26.6 Å². The Labute approximate surface area is 160 Å². The molecule has 0 aliphatic heterocycles. The van der Waals surface area contributed by atoms with Crippen molar-refractivity contribution in [3.8, 4) is 28.6 Å². The van der Waals surface area contributed by atoms with Gasteiger partial charge in [0.25, 0.3) is 5.91 Å². The number of nitrogens with one attached hydrogen (secondary N) is 1. The second kappa shape index (κ2) is 8.01. The van der Waals surface area contributed by atoms with Gasteiger partial charge in [0.05, 0.1) is 38.2 Å². The summed E-state index contributed by atoms with van der Waals surface area (Å²) >= 11 is 6.09. The number of anilines is 1. The number of hydrogen-bond donors (Lipinski definition) is 1. The third kappa shape index (κ3) is 3.83. The number of aromatic nitrogens is 1. The monoisotopic (exact) mass is 388 g/mol. The van der Waals surface area contributed by atoms with E-state index in [1.165, 1.54) is 20.4 Å². The molecule has 0 fully saturated rings. The van der Waals surface area contributed by atoms with Crippen molar-refractivity contribution in [3.05, 3.63) is 53.2 Å². The van der Waals surface area contributed by atoms with Gasteiger partial charge >= 0.3 is 0 Å². The zero-order chi connectivity index (χ0) is 19.4. The predicted octanol–water partition coefficient (Wildman–Crippen LogP) is 4.27. The van der Waals surface area contributed by atoms with Crippen molar-refractivity contribution in [2.24, 2.45) is 0 Å². The fourth-order valence-electron chi connectivity index (χ4n) is 2.50. The molecule has 0 saturated heterocycles. The zero-order valence-corrected chi connectivity index (χ0v) is 15.7. The molecular formula is C19H17ClN2O5. The molecule has 0 unspecified atom stereocenters. The minimum absolute atomic E-state index is 0.274. The number of amides is 1. The summed E-state index contributed by atoms with van der Waals surface area (Å²) in [6.07, 6.45) is 1.36. The van der Waals surface area contributed by atoms with Gasteiger partial charge < -0.3 is 24.1 Å². The van der Waals surface area contributed by atoms with E-state index in [-0.39, 0.29) is 5.56 Å². The Morgan fingerprint density at radius 3 is 2.37 bits per heavy atom. The lowest BCUT2D eigenvalue weighted by Gasteiger charge is -2.13. The Morgan fingerprint density at radius 1 is 1.04 bits per heavy atom. The number of carbonyl (C=O) groups excluding carboxylic acids is 1. The largest absolute Gasteiger partial charge is 0.497 e. The number of methoxy groups -OCH3 is 3. The summed E-state index contributed by atoms with van der Waals surface area (Å²) in [6, 6.07) is 10.2. The Bertz CT molecular complexity index is 953. The first kappa shape index (κ1) is 18.6. The van der Waals surface area contributed by atoms with Crippen molar-refractivity contribution in [1.82, 2.24) is 5.16 Å². The van der Waals surface area contributed by atoms with E-state index in [4.69, 9.17) is 30.3 Å². The van der Waals surface area contributed by atoms with Crippen LogP contribution in [-0.2, 0) is 0 Å². The Hall–Kier alpha value is -3.19. The van der Waals surface area contributed by atoms with Crippen LogP contribution in [0.3, 0.4) is 0 Å². The van der Waals surface area contributed by atoms with Crippen LogP contribution in [-0.4, -0.2) is 32.4 Å². The van der Waals surface area contributed by atoms with E-state index >= 15 is 0 Å². The predicted molar refractivity (Wildman–Crippen MR) is 101 cm³/mol. The van der Waals surface area contributed by atoms with Crippen LogP contribution < -0.4 is 19.5 Å². The first-order valence-corrected chi connectivity index (χ1v) is 8.27. The molecule has 1 amide bonds. The van der Waals surface area contributed by atoms with Crippen LogP contribution in [0.25, 0.3) is 11.3 Å². The number of nitrogens with zero attached hydrogens (tertiary/aromatic N) is 1. The second-order valence-electron chi connectivity index (χ2n) is 5.44. The van der Waals surface area contributed by atoms with Crippen molar-refractivity contribution in [3.63, 3.8) is 0 Å². The topological polar surface area (TPSA) is 82.8 Å². The molecular weight excluding hydrogens is 372 g/mol. The highest BCUT2D eigenvalue weighted by Crippen LogP contribution is 2.36. The van der Waals surface area contributed by atoms with Gasteiger partial charge in [-0.2, -0.15) is 0 Å². The molecule has 0 saturated carbocycles. The molecule has 27 heavy (non-hydrogen) atoms. The average molecular weight is 389 g/mol. The number of hydrogen-bond acceptors (Lipinski definition) is 6. The quantitative estimate of drug-likeness (QED) is 0.678. The minimum atomic E-state index is -0.412. The van der Waals surface area contributed by atoms with E-state index in [0.717, 1.165) is 0 Å². The molecule has 2 aromatic carbocycles. The lowest BCUT2D eigenvalue weighted by Crippen LogP contribution is -2.13. The summed E-state index contributed by atoms with van der Waals surface area (Å²) in [5.41, 5.74) is 1.38. The maximum Gasteiger partial charge on any atom is 0.261 e. The molecule has 3 aromatic rings. The van der Waals surface area contributed by atoms with Crippen LogP contribution in [0.15, 0.2) is 47.1 Å². The highest BCUT2D eigenvalue weighted by atomic mass is 35.5. The SMILES string of the molecule is COc1ccc(-c2oncc2C(=O)Nc2cc(OC)c(Cl)cc2OC)cc1. The zero-order valence-electron chi connectivity index (χ0n) is 14.9. The highest BCUT2D eigenvalue weighted by molar-refractivity contribution is 6.32. The van der Waals surface area contributed by atoms with Crippen molar-refractivity contribution in [1.29, 1.82) is 0 Å². The molecule has 0 spiro atoms. The number of ether oxygens (including phenoxy) is 3. The summed E-state index contributed by atoms with van der Waals surface area (Å²) in [6.45, 7) is 0.